The van der Waals surface area contributed by atoms with Crippen molar-refractivity contribution in [3.8, 4) is 11.8 Å². The first-order valence-electron chi connectivity index (χ1n) is 2.84. The normalized spacial score (nSPS) is 7.12. The standard InChI is InChI=1S/C7H10O/c1-2-3-4-5-6-7-8/h7H,2-4H2,1H3. The molecular weight excluding hydrogens is 100 g/mol. The average molecular weight is 110 g/mol. The first kappa shape index (κ1) is 7.23. The van der Waals surface area contributed by atoms with Gasteiger partial charge >= 0.3 is 0 Å². The zero-order valence-corrected chi connectivity index (χ0v) is 5.11. The van der Waals surface area contributed by atoms with Crippen molar-refractivity contribution in [2.24, 2.45) is 0 Å². The van der Waals surface area contributed by atoms with Gasteiger partial charge in [0.15, 0.2) is 6.29 Å². The number of unbranched alkanes of at least 4 members (excludes halogenated alkanes) is 2. The molecule has 8 heavy (non-hydrogen) atoms. The Labute approximate surface area is 50.1 Å². The van der Waals surface area contributed by atoms with Gasteiger partial charge in [-0.05, 0) is 12.3 Å². The fourth-order valence-electron chi connectivity index (χ4n) is 0.379. The van der Waals surface area contributed by atoms with E-state index in [-0.39, 0.29) is 0 Å². The summed E-state index contributed by atoms with van der Waals surface area (Å²) in [7, 11) is 0. The molecule has 0 aromatic rings. The maximum Gasteiger partial charge on any atom is 0.192 e. The zero-order chi connectivity index (χ0) is 6.24. The molecule has 0 spiro atoms. The van der Waals surface area contributed by atoms with E-state index >= 15 is 0 Å². The highest BCUT2D eigenvalue weighted by molar-refractivity contribution is 5.72. The van der Waals surface area contributed by atoms with Gasteiger partial charge in [-0.3, -0.25) is 4.79 Å². The third-order valence-electron chi connectivity index (χ3n) is 0.816. The van der Waals surface area contributed by atoms with Crippen LogP contribution in [0.5, 0.6) is 0 Å². The quantitative estimate of drug-likeness (QED) is 0.298. The van der Waals surface area contributed by atoms with Crippen LogP contribution in [0, 0.1) is 11.8 Å². The lowest BCUT2D eigenvalue weighted by atomic mass is 10.3. The fraction of sp³-hybridized carbons (Fsp3) is 0.571. The lowest BCUT2D eigenvalue weighted by molar-refractivity contribution is -0.103. The minimum Gasteiger partial charge on any atom is -0.289 e. The van der Waals surface area contributed by atoms with Crippen LogP contribution in [0.4, 0.5) is 0 Å². The Morgan fingerprint density at radius 2 is 2.38 bits per heavy atom. The van der Waals surface area contributed by atoms with E-state index in [1.54, 1.807) is 0 Å². The predicted molar refractivity (Wildman–Crippen MR) is 33.4 cm³/mol. The number of hydrogen-bond acceptors (Lipinski definition) is 1. The van der Waals surface area contributed by atoms with Gasteiger partial charge in [-0.1, -0.05) is 19.3 Å². The van der Waals surface area contributed by atoms with Gasteiger partial charge in [-0.25, -0.2) is 0 Å². The lowest BCUT2D eigenvalue weighted by Crippen LogP contribution is -1.67. The van der Waals surface area contributed by atoms with E-state index in [0.29, 0.717) is 6.29 Å². The van der Waals surface area contributed by atoms with E-state index in [9.17, 15) is 4.79 Å². The molecule has 0 saturated carbocycles. The Kier molecular flexibility index (Phi) is 5.63. The molecule has 0 rings (SSSR count). The van der Waals surface area contributed by atoms with E-state index in [2.05, 4.69) is 18.8 Å². The largest absolute Gasteiger partial charge is 0.289 e. The Hall–Kier alpha value is -0.770. The second-order valence-electron chi connectivity index (χ2n) is 1.54. The minimum atomic E-state index is 0.635. The van der Waals surface area contributed by atoms with Crippen molar-refractivity contribution in [3.63, 3.8) is 0 Å². The summed E-state index contributed by atoms with van der Waals surface area (Å²) in [6.45, 7) is 2.10. The number of carbonyl (C=O) groups is 1. The van der Waals surface area contributed by atoms with Crippen LogP contribution in [0.2, 0.25) is 0 Å². The summed E-state index contributed by atoms with van der Waals surface area (Å²) in [4.78, 5) is 9.59. The molecule has 1 nitrogen and oxygen atoms in total. The van der Waals surface area contributed by atoms with Crippen LogP contribution in [0.1, 0.15) is 26.2 Å². The molecule has 44 valence electrons. The summed E-state index contributed by atoms with van der Waals surface area (Å²) < 4.78 is 0. The molecule has 0 aliphatic carbocycles. The molecule has 0 saturated heterocycles. The van der Waals surface area contributed by atoms with Crippen LogP contribution in [0.15, 0.2) is 0 Å². The van der Waals surface area contributed by atoms with Crippen molar-refractivity contribution in [3.05, 3.63) is 0 Å². The molecule has 0 bridgehead atoms. The summed E-state index contributed by atoms with van der Waals surface area (Å²) in [5.74, 6) is 5.07. The van der Waals surface area contributed by atoms with E-state index < -0.39 is 0 Å². The molecule has 0 atom stereocenters. The van der Waals surface area contributed by atoms with Crippen molar-refractivity contribution in [1.82, 2.24) is 0 Å². The summed E-state index contributed by atoms with van der Waals surface area (Å²) in [5, 5.41) is 0. The molecule has 0 radical (unpaired) electrons. The molecule has 0 aromatic carbocycles. The molecule has 0 N–H and O–H groups in total. The third-order valence-corrected chi connectivity index (χ3v) is 0.816. The van der Waals surface area contributed by atoms with Crippen molar-refractivity contribution in [2.75, 3.05) is 0 Å². The molecule has 0 unspecified atom stereocenters. The fourth-order valence-corrected chi connectivity index (χ4v) is 0.379. The van der Waals surface area contributed by atoms with Gasteiger partial charge in [0, 0.05) is 6.42 Å². The predicted octanol–water partition coefficient (Wildman–Crippen LogP) is 1.38. The Morgan fingerprint density at radius 1 is 1.62 bits per heavy atom. The van der Waals surface area contributed by atoms with Gasteiger partial charge < -0.3 is 0 Å². The number of rotatable bonds is 2. The molecule has 0 aromatic heterocycles. The molecule has 1 heteroatoms. The molecule has 0 amide bonds. The van der Waals surface area contributed by atoms with Gasteiger partial charge in [0.1, 0.15) is 0 Å². The Balaban J connectivity index is 3.02. The lowest BCUT2D eigenvalue weighted by Gasteiger charge is -1.80. The van der Waals surface area contributed by atoms with E-state index in [1.165, 1.54) is 0 Å². The smallest absolute Gasteiger partial charge is 0.192 e. The van der Waals surface area contributed by atoms with Crippen LogP contribution in [0.3, 0.4) is 0 Å². The number of aldehydes is 1. The molecule has 0 fully saturated rings. The van der Waals surface area contributed by atoms with Crippen LogP contribution in [0.25, 0.3) is 0 Å². The first-order chi connectivity index (χ1) is 3.91. The highest BCUT2D eigenvalue weighted by Gasteiger charge is 1.73. The van der Waals surface area contributed by atoms with Crippen LogP contribution in [-0.4, -0.2) is 6.29 Å². The zero-order valence-electron chi connectivity index (χ0n) is 5.11. The van der Waals surface area contributed by atoms with E-state index in [1.807, 2.05) is 0 Å². The monoisotopic (exact) mass is 110 g/mol. The first-order valence-corrected chi connectivity index (χ1v) is 2.84. The maximum absolute atomic E-state index is 9.59. The third kappa shape index (κ3) is 5.23. The average Bonchev–Trinajstić information content (AvgIpc) is 1.81. The van der Waals surface area contributed by atoms with Gasteiger partial charge in [0.05, 0.1) is 0 Å². The van der Waals surface area contributed by atoms with Gasteiger partial charge in [-0.15, -0.1) is 0 Å². The van der Waals surface area contributed by atoms with Crippen LogP contribution in [-0.2, 0) is 4.79 Å². The van der Waals surface area contributed by atoms with Crippen molar-refractivity contribution < 1.29 is 4.79 Å². The summed E-state index contributed by atoms with van der Waals surface area (Å²) in [5.41, 5.74) is 0. The molecular formula is C7H10O. The summed E-state index contributed by atoms with van der Waals surface area (Å²) in [6.07, 6.45) is 3.74. The van der Waals surface area contributed by atoms with Gasteiger partial charge in [0.2, 0.25) is 0 Å². The second kappa shape index (κ2) is 6.23. The molecule has 0 aliphatic heterocycles. The van der Waals surface area contributed by atoms with Gasteiger partial charge in [0.25, 0.3) is 0 Å². The highest BCUT2D eigenvalue weighted by Crippen LogP contribution is 1.89. The minimum absolute atomic E-state index is 0.635. The van der Waals surface area contributed by atoms with Gasteiger partial charge in [-0.2, -0.15) is 0 Å². The summed E-state index contributed by atoms with van der Waals surface area (Å²) >= 11 is 0. The molecule has 0 aliphatic rings. The summed E-state index contributed by atoms with van der Waals surface area (Å²) in [6, 6.07) is 0. The highest BCUT2D eigenvalue weighted by atomic mass is 16.1. The number of hydrogen-bond donors (Lipinski definition) is 0. The Morgan fingerprint density at radius 3 is 2.88 bits per heavy atom. The molecule has 0 heterocycles. The van der Waals surface area contributed by atoms with Crippen LogP contribution >= 0.6 is 0 Å². The van der Waals surface area contributed by atoms with Crippen LogP contribution < -0.4 is 0 Å². The van der Waals surface area contributed by atoms with Crippen molar-refractivity contribution >= 4 is 6.29 Å². The topological polar surface area (TPSA) is 17.1 Å². The maximum atomic E-state index is 9.59. The second-order valence-corrected chi connectivity index (χ2v) is 1.54. The number of carbonyl (C=O) groups excluding carboxylic acids is 1. The van der Waals surface area contributed by atoms with Crippen molar-refractivity contribution in [2.45, 2.75) is 26.2 Å². The van der Waals surface area contributed by atoms with E-state index in [4.69, 9.17) is 0 Å². The van der Waals surface area contributed by atoms with Crippen molar-refractivity contribution in [1.29, 1.82) is 0 Å². The Bertz CT molecular complexity index is 105. The van der Waals surface area contributed by atoms with E-state index in [0.717, 1.165) is 19.3 Å². The SMILES string of the molecule is CCCCC#CC=O.